The molecule has 1 aliphatic rings. The molecule has 1 atom stereocenters. The summed E-state index contributed by atoms with van der Waals surface area (Å²) in [4.78, 5) is 0.252. The third-order valence-electron chi connectivity index (χ3n) is 3.77. The van der Waals surface area contributed by atoms with Crippen molar-refractivity contribution >= 4 is 37.6 Å². The summed E-state index contributed by atoms with van der Waals surface area (Å²) in [6.45, 7) is 2.71. The summed E-state index contributed by atoms with van der Waals surface area (Å²) in [5, 5.41) is 0.493. The van der Waals surface area contributed by atoms with E-state index in [4.69, 9.17) is 16.3 Å². The highest BCUT2D eigenvalue weighted by Crippen LogP contribution is 2.37. The molecule has 1 saturated carbocycles. The summed E-state index contributed by atoms with van der Waals surface area (Å²) >= 11 is 9.22. The second-order valence-electron chi connectivity index (χ2n) is 5.26. The van der Waals surface area contributed by atoms with Gasteiger partial charge in [0.1, 0.15) is 0 Å². The van der Waals surface area contributed by atoms with E-state index >= 15 is 0 Å². The molecule has 1 aromatic rings. The van der Waals surface area contributed by atoms with E-state index in [1.165, 1.54) is 0 Å². The van der Waals surface area contributed by atoms with Crippen LogP contribution in [0.5, 0.6) is 0 Å². The van der Waals surface area contributed by atoms with Crippen LogP contribution in [-0.2, 0) is 14.8 Å². The Kier molecular flexibility index (Phi) is 5.71. The Labute approximate surface area is 139 Å². The normalized spacial score (nSPS) is 17.2. The first-order chi connectivity index (χ1) is 9.87. The van der Waals surface area contributed by atoms with E-state index in [9.17, 15) is 8.42 Å². The molecule has 0 amide bonds. The topological polar surface area (TPSA) is 46.6 Å². The minimum Gasteiger partial charge on any atom is -0.383 e. The minimum absolute atomic E-state index is 0.0143. The van der Waals surface area contributed by atoms with Gasteiger partial charge in [0.05, 0.1) is 16.5 Å². The molecule has 4 nitrogen and oxygen atoms in total. The van der Waals surface area contributed by atoms with Crippen LogP contribution < -0.4 is 0 Å². The first-order valence-corrected chi connectivity index (χ1v) is 9.45. The number of nitrogens with zero attached hydrogens (tertiary/aromatic N) is 1. The van der Waals surface area contributed by atoms with Crippen molar-refractivity contribution in [2.45, 2.75) is 30.7 Å². The molecule has 0 bridgehead atoms. The first kappa shape index (κ1) is 17.2. The zero-order valence-electron chi connectivity index (χ0n) is 12.1. The van der Waals surface area contributed by atoms with E-state index < -0.39 is 10.0 Å². The van der Waals surface area contributed by atoms with E-state index in [-0.39, 0.29) is 10.9 Å². The molecule has 0 aromatic heterocycles. The van der Waals surface area contributed by atoms with Crippen molar-refractivity contribution in [3.63, 3.8) is 0 Å². The van der Waals surface area contributed by atoms with Gasteiger partial charge in [-0.15, -0.1) is 0 Å². The zero-order valence-corrected chi connectivity index (χ0v) is 15.2. The molecule has 21 heavy (non-hydrogen) atoms. The molecule has 0 heterocycles. The van der Waals surface area contributed by atoms with Gasteiger partial charge in [-0.05, 0) is 59.8 Å². The van der Waals surface area contributed by atoms with Crippen LogP contribution in [0.3, 0.4) is 0 Å². The van der Waals surface area contributed by atoms with Crippen LogP contribution in [0.1, 0.15) is 19.8 Å². The number of ether oxygens (including phenoxy) is 1. The fourth-order valence-corrected chi connectivity index (χ4v) is 4.66. The van der Waals surface area contributed by atoms with Gasteiger partial charge in [-0.1, -0.05) is 11.6 Å². The number of halogens is 2. The zero-order chi connectivity index (χ0) is 15.6. The average molecular weight is 397 g/mol. The van der Waals surface area contributed by atoms with Crippen LogP contribution in [-0.4, -0.2) is 39.0 Å². The molecule has 7 heteroatoms. The molecule has 0 aliphatic heterocycles. The van der Waals surface area contributed by atoms with Crippen molar-refractivity contribution in [2.75, 3.05) is 20.3 Å². The summed E-state index contributed by atoms with van der Waals surface area (Å²) in [7, 11) is -1.98. The van der Waals surface area contributed by atoms with Crippen molar-refractivity contribution in [2.24, 2.45) is 5.92 Å². The van der Waals surface area contributed by atoms with Crippen LogP contribution in [0.4, 0.5) is 0 Å². The number of sulfonamides is 1. The molecule has 0 spiro atoms. The molecule has 1 aliphatic carbocycles. The van der Waals surface area contributed by atoms with Gasteiger partial charge in [0, 0.05) is 24.2 Å². The van der Waals surface area contributed by atoms with Gasteiger partial charge in [0.2, 0.25) is 10.0 Å². The monoisotopic (exact) mass is 395 g/mol. The quantitative estimate of drug-likeness (QED) is 0.708. The van der Waals surface area contributed by atoms with Crippen LogP contribution in [0.15, 0.2) is 27.6 Å². The minimum atomic E-state index is -3.55. The van der Waals surface area contributed by atoms with E-state index in [1.54, 1.807) is 29.6 Å². The van der Waals surface area contributed by atoms with Crippen LogP contribution >= 0.6 is 27.5 Å². The smallest absolute Gasteiger partial charge is 0.243 e. The predicted octanol–water partition coefficient (Wildman–Crippen LogP) is 3.54. The van der Waals surface area contributed by atoms with Crippen LogP contribution in [0.25, 0.3) is 0 Å². The summed E-state index contributed by atoms with van der Waals surface area (Å²) in [6, 6.07) is 4.67. The molecule has 0 saturated heterocycles. The van der Waals surface area contributed by atoms with Crippen molar-refractivity contribution in [1.29, 1.82) is 0 Å². The highest BCUT2D eigenvalue weighted by Gasteiger charge is 2.38. The second kappa shape index (κ2) is 6.96. The Bertz CT molecular complexity index is 604. The van der Waals surface area contributed by atoms with Crippen molar-refractivity contribution in [1.82, 2.24) is 4.31 Å². The Morgan fingerprint density at radius 2 is 2.14 bits per heavy atom. The Balaban J connectivity index is 2.33. The Morgan fingerprint density at radius 1 is 1.48 bits per heavy atom. The van der Waals surface area contributed by atoms with E-state index in [1.807, 2.05) is 6.92 Å². The molecule has 0 N–H and O–H groups in total. The fraction of sp³-hybridized carbons (Fsp3) is 0.571. The number of rotatable bonds is 7. The predicted molar refractivity (Wildman–Crippen MR) is 87.1 cm³/mol. The van der Waals surface area contributed by atoms with Crippen LogP contribution in [0, 0.1) is 5.92 Å². The molecular formula is C14H19BrClNO3S. The number of benzene rings is 1. The molecule has 1 fully saturated rings. The maximum absolute atomic E-state index is 12.9. The Morgan fingerprint density at radius 3 is 2.67 bits per heavy atom. The summed E-state index contributed by atoms with van der Waals surface area (Å²) in [6.07, 6.45) is 2.18. The van der Waals surface area contributed by atoms with Crippen LogP contribution in [0.2, 0.25) is 5.02 Å². The van der Waals surface area contributed by atoms with Gasteiger partial charge in [-0.3, -0.25) is 0 Å². The summed E-state index contributed by atoms with van der Waals surface area (Å²) in [5.74, 6) is 0.451. The lowest BCUT2D eigenvalue weighted by molar-refractivity contribution is 0.164. The lowest BCUT2D eigenvalue weighted by Crippen LogP contribution is -2.41. The largest absolute Gasteiger partial charge is 0.383 e. The molecular weight excluding hydrogens is 378 g/mol. The van der Waals surface area contributed by atoms with Crippen molar-refractivity contribution in [3.05, 3.63) is 27.7 Å². The fourth-order valence-electron chi connectivity index (χ4n) is 2.31. The summed E-state index contributed by atoms with van der Waals surface area (Å²) in [5.41, 5.74) is 0. The number of hydrogen-bond acceptors (Lipinski definition) is 3. The molecule has 118 valence electrons. The highest BCUT2D eigenvalue weighted by atomic mass is 79.9. The number of hydrogen-bond donors (Lipinski definition) is 0. The van der Waals surface area contributed by atoms with Gasteiger partial charge in [-0.25, -0.2) is 8.42 Å². The third kappa shape index (κ3) is 3.99. The second-order valence-corrected chi connectivity index (χ2v) is 8.41. The van der Waals surface area contributed by atoms with E-state index in [0.717, 1.165) is 12.8 Å². The summed E-state index contributed by atoms with van der Waals surface area (Å²) < 4.78 is 32.9. The number of methoxy groups -OCH3 is 1. The van der Waals surface area contributed by atoms with Gasteiger partial charge in [0.15, 0.2) is 0 Å². The van der Waals surface area contributed by atoms with Gasteiger partial charge in [0.25, 0.3) is 0 Å². The third-order valence-corrected chi connectivity index (χ3v) is 6.97. The van der Waals surface area contributed by atoms with Crippen molar-refractivity contribution < 1.29 is 13.2 Å². The molecule has 1 unspecified atom stereocenters. The standard InChI is InChI=1S/C14H19BrClNO3S/c1-10(11-3-4-11)17(7-8-20-2)21(18,19)12-5-6-14(16)13(15)9-12/h5-6,9-11H,3-4,7-8H2,1-2H3. The molecule has 2 rings (SSSR count). The lowest BCUT2D eigenvalue weighted by Gasteiger charge is -2.28. The molecule has 1 aromatic carbocycles. The maximum atomic E-state index is 12.9. The Hall–Kier alpha value is -0.140. The highest BCUT2D eigenvalue weighted by molar-refractivity contribution is 9.10. The van der Waals surface area contributed by atoms with Gasteiger partial charge in [-0.2, -0.15) is 4.31 Å². The first-order valence-electron chi connectivity index (χ1n) is 6.83. The average Bonchev–Trinajstić information content (AvgIpc) is 3.26. The maximum Gasteiger partial charge on any atom is 0.243 e. The lowest BCUT2D eigenvalue weighted by atomic mass is 10.2. The van der Waals surface area contributed by atoms with E-state index in [0.29, 0.717) is 28.6 Å². The van der Waals surface area contributed by atoms with Gasteiger partial charge < -0.3 is 4.74 Å². The van der Waals surface area contributed by atoms with Gasteiger partial charge >= 0.3 is 0 Å². The SMILES string of the molecule is COCCN(C(C)C1CC1)S(=O)(=O)c1ccc(Cl)c(Br)c1. The molecule has 0 radical (unpaired) electrons. The van der Waals surface area contributed by atoms with E-state index in [2.05, 4.69) is 15.9 Å². The van der Waals surface area contributed by atoms with Crippen molar-refractivity contribution in [3.8, 4) is 0 Å².